The van der Waals surface area contributed by atoms with Crippen molar-refractivity contribution in [2.75, 3.05) is 13.1 Å². The predicted molar refractivity (Wildman–Crippen MR) is 86.9 cm³/mol. The topological polar surface area (TPSA) is 84.4 Å². The Kier molecular flexibility index (Phi) is 5.46. The van der Waals surface area contributed by atoms with Gasteiger partial charge in [0, 0.05) is 19.6 Å². The Bertz CT molecular complexity index is 634. The molecule has 0 amide bonds. The van der Waals surface area contributed by atoms with Crippen LogP contribution < -0.4 is 0 Å². The minimum atomic E-state index is -0.815. The van der Waals surface area contributed by atoms with E-state index in [1.165, 1.54) is 12.4 Å². The summed E-state index contributed by atoms with van der Waals surface area (Å²) in [4.78, 5) is 12.3. The van der Waals surface area contributed by atoms with Crippen LogP contribution in [0.25, 0.3) is 0 Å². The summed E-state index contributed by atoms with van der Waals surface area (Å²) < 4.78 is 1.56. The lowest BCUT2D eigenvalue weighted by Gasteiger charge is -2.29. The fraction of sp³-hybridized carbons (Fsp3) is 0.438. The molecular weight excluding hydrogens is 296 g/mol. The fourth-order valence-electron chi connectivity index (χ4n) is 2.42. The zero-order chi connectivity index (χ0) is 16.9. The number of benzene rings is 1. The smallest absolute Gasteiger partial charge is 0.306 e. The van der Waals surface area contributed by atoms with Crippen LogP contribution in [0.4, 0.5) is 5.69 Å². The molecule has 0 bridgehead atoms. The molecule has 1 aromatic carbocycles. The van der Waals surface area contributed by atoms with Gasteiger partial charge < -0.3 is 5.11 Å². The Morgan fingerprint density at radius 1 is 1.35 bits per heavy atom. The molecule has 0 fully saturated rings. The van der Waals surface area contributed by atoms with Gasteiger partial charge in [-0.1, -0.05) is 30.3 Å². The van der Waals surface area contributed by atoms with Crippen molar-refractivity contribution in [3.05, 3.63) is 58.4 Å². The highest BCUT2D eigenvalue weighted by Crippen LogP contribution is 2.12. The highest BCUT2D eigenvalue weighted by Gasteiger charge is 2.19. The highest BCUT2D eigenvalue weighted by molar-refractivity contribution is 5.20. The van der Waals surface area contributed by atoms with Crippen molar-refractivity contribution in [3.63, 3.8) is 0 Å². The van der Waals surface area contributed by atoms with Crippen LogP contribution in [0.15, 0.2) is 42.7 Å². The summed E-state index contributed by atoms with van der Waals surface area (Å²) in [7, 11) is 0. The van der Waals surface area contributed by atoms with Crippen molar-refractivity contribution in [1.82, 2.24) is 14.7 Å². The molecule has 7 nitrogen and oxygen atoms in total. The first-order valence-corrected chi connectivity index (χ1v) is 7.49. The fourth-order valence-corrected chi connectivity index (χ4v) is 2.42. The summed E-state index contributed by atoms with van der Waals surface area (Å²) in [5.74, 6) is 0. The number of nitrogens with zero attached hydrogens (tertiary/aromatic N) is 4. The summed E-state index contributed by atoms with van der Waals surface area (Å²) in [5, 5.41) is 24.8. The molecule has 1 aromatic heterocycles. The van der Waals surface area contributed by atoms with Gasteiger partial charge in [-0.3, -0.25) is 19.7 Å². The van der Waals surface area contributed by atoms with Crippen molar-refractivity contribution in [2.24, 2.45) is 0 Å². The summed E-state index contributed by atoms with van der Waals surface area (Å²) in [6.45, 7) is 5.90. The molecule has 0 saturated heterocycles. The SMILES string of the molecule is CC(C)(O)CN(CCn1cc([N+](=O)[O-])cn1)Cc1ccccc1. The van der Waals surface area contributed by atoms with Gasteiger partial charge in [-0.15, -0.1) is 0 Å². The first kappa shape index (κ1) is 17.1. The number of aliphatic hydroxyl groups is 1. The second-order valence-electron chi connectivity index (χ2n) is 6.23. The van der Waals surface area contributed by atoms with Gasteiger partial charge in [0.05, 0.1) is 17.1 Å². The Balaban J connectivity index is 2.00. The van der Waals surface area contributed by atoms with E-state index in [0.29, 0.717) is 26.2 Å². The maximum absolute atomic E-state index is 10.7. The number of hydrogen-bond donors (Lipinski definition) is 1. The Morgan fingerprint density at radius 2 is 2.04 bits per heavy atom. The molecule has 2 aromatic rings. The molecule has 23 heavy (non-hydrogen) atoms. The third-order valence-corrected chi connectivity index (χ3v) is 3.34. The van der Waals surface area contributed by atoms with E-state index < -0.39 is 10.5 Å². The quantitative estimate of drug-likeness (QED) is 0.595. The molecule has 0 aliphatic carbocycles. The van der Waals surface area contributed by atoms with E-state index in [1.54, 1.807) is 18.5 Å². The molecule has 0 atom stereocenters. The zero-order valence-corrected chi connectivity index (χ0v) is 13.4. The molecule has 7 heteroatoms. The molecule has 2 rings (SSSR count). The second kappa shape index (κ2) is 7.34. The van der Waals surface area contributed by atoms with E-state index in [-0.39, 0.29) is 5.69 Å². The molecular formula is C16H22N4O3. The van der Waals surface area contributed by atoms with E-state index in [0.717, 1.165) is 5.56 Å². The van der Waals surface area contributed by atoms with E-state index >= 15 is 0 Å². The van der Waals surface area contributed by atoms with Crippen LogP contribution in [0.5, 0.6) is 0 Å². The van der Waals surface area contributed by atoms with Crippen molar-refractivity contribution >= 4 is 5.69 Å². The average Bonchev–Trinajstić information content (AvgIpc) is 2.93. The summed E-state index contributed by atoms with van der Waals surface area (Å²) >= 11 is 0. The monoisotopic (exact) mass is 318 g/mol. The van der Waals surface area contributed by atoms with Crippen LogP contribution in [0.3, 0.4) is 0 Å². The molecule has 0 aliphatic rings. The van der Waals surface area contributed by atoms with Gasteiger partial charge in [0.25, 0.3) is 0 Å². The molecule has 0 saturated carbocycles. The minimum absolute atomic E-state index is 0.0119. The van der Waals surface area contributed by atoms with Gasteiger partial charge in [0.15, 0.2) is 0 Å². The molecule has 1 heterocycles. The van der Waals surface area contributed by atoms with Crippen molar-refractivity contribution in [1.29, 1.82) is 0 Å². The number of hydrogen-bond acceptors (Lipinski definition) is 5. The third kappa shape index (κ3) is 5.80. The Hall–Kier alpha value is -2.25. The van der Waals surface area contributed by atoms with Crippen LogP contribution in [-0.2, 0) is 13.1 Å². The number of aromatic nitrogens is 2. The maximum atomic E-state index is 10.7. The molecule has 124 valence electrons. The highest BCUT2D eigenvalue weighted by atomic mass is 16.6. The van der Waals surface area contributed by atoms with E-state index in [9.17, 15) is 15.2 Å². The first-order chi connectivity index (χ1) is 10.8. The minimum Gasteiger partial charge on any atom is -0.389 e. The summed E-state index contributed by atoms with van der Waals surface area (Å²) in [6, 6.07) is 10.0. The number of nitro groups is 1. The van der Waals surface area contributed by atoms with Gasteiger partial charge in [-0.2, -0.15) is 5.10 Å². The second-order valence-corrected chi connectivity index (χ2v) is 6.23. The lowest BCUT2D eigenvalue weighted by atomic mass is 10.1. The van der Waals surface area contributed by atoms with Gasteiger partial charge in [0.2, 0.25) is 0 Å². The van der Waals surface area contributed by atoms with Crippen LogP contribution in [0.2, 0.25) is 0 Å². The van der Waals surface area contributed by atoms with Gasteiger partial charge in [-0.05, 0) is 19.4 Å². The predicted octanol–water partition coefficient (Wildman–Crippen LogP) is 2.06. The van der Waals surface area contributed by atoms with Gasteiger partial charge in [-0.25, -0.2) is 0 Å². The summed E-state index contributed by atoms with van der Waals surface area (Å²) in [6.07, 6.45) is 2.67. The molecule has 0 aliphatic heterocycles. The largest absolute Gasteiger partial charge is 0.389 e. The van der Waals surface area contributed by atoms with Crippen LogP contribution >= 0.6 is 0 Å². The lowest BCUT2D eigenvalue weighted by Crippen LogP contribution is -2.39. The average molecular weight is 318 g/mol. The maximum Gasteiger partial charge on any atom is 0.306 e. The van der Waals surface area contributed by atoms with E-state index in [2.05, 4.69) is 10.00 Å². The van der Waals surface area contributed by atoms with Crippen molar-refractivity contribution in [2.45, 2.75) is 32.5 Å². The van der Waals surface area contributed by atoms with Crippen molar-refractivity contribution in [3.8, 4) is 0 Å². The van der Waals surface area contributed by atoms with E-state index in [1.807, 2.05) is 30.3 Å². The van der Waals surface area contributed by atoms with Gasteiger partial charge >= 0.3 is 5.69 Å². The summed E-state index contributed by atoms with van der Waals surface area (Å²) in [5.41, 5.74) is 0.329. The standard InChI is InChI=1S/C16H22N4O3/c1-16(2,21)13-18(11-14-6-4-3-5-7-14)8-9-19-12-15(10-17-19)20(22)23/h3-7,10,12,21H,8-9,11,13H2,1-2H3. The zero-order valence-electron chi connectivity index (χ0n) is 13.4. The Morgan fingerprint density at radius 3 is 2.61 bits per heavy atom. The van der Waals surface area contributed by atoms with Gasteiger partial charge in [0.1, 0.15) is 12.4 Å². The Labute approximate surface area is 135 Å². The third-order valence-electron chi connectivity index (χ3n) is 3.34. The van der Waals surface area contributed by atoms with Crippen LogP contribution in [-0.4, -0.2) is 43.4 Å². The van der Waals surface area contributed by atoms with Crippen LogP contribution in [0, 0.1) is 10.1 Å². The number of rotatable bonds is 8. The molecule has 1 N–H and O–H groups in total. The molecule has 0 radical (unpaired) electrons. The lowest BCUT2D eigenvalue weighted by molar-refractivity contribution is -0.385. The van der Waals surface area contributed by atoms with E-state index in [4.69, 9.17) is 0 Å². The normalized spacial score (nSPS) is 11.8. The molecule has 0 spiro atoms. The molecule has 0 unspecified atom stereocenters. The van der Waals surface area contributed by atoms with Crippen molar-refractivity contribution < 1.29 is 10.0 Å². The van der Waals surface area contributed by atoms with Crippen LogP contribution in [0.1, 0.15) is 19.4 Å². The first-order valence-electron chi connectivity index (χ1n) is 7.49.